The fourth-order valence-electron chi connectivity index (χ4n) is 4.97. The summed E-state index contributed by atoms with van der Waals surface area (Å²) in [4.78, 5) is 24.0. The molecule has 0 bridgehead atoms. The number of hydrogen-bond acceptors (Lipinski definition) is 6. The quantitative estimate of drug-likeness (QED) is 0.503. The first-order valence-corrected chi connectivity index (χ1v) is 13.0. The number of anilines is 2. The molecule has 8 nitrogen and oxygen atoms in total. The molecule has 2 aromatic carbocycles. The maximum Gasteiger partial charge on any atom is 0.319 e. The van der Waals surface area contributed by atoms with Crippen LogP contribution in [-0.4, -0.2) is 48.3 Å². The van der Waals surface area contributed by atoms with E-state index in [0.717, 1.165) is 68.8 Å². The Morgan fingerprint density at radius 1 is 1.05 bits per heavy atom. The minimum absolute atomic E-state index is 0.202. The molecule has 1 aliphatic carbocycles. The van der Waals surface area contributed by atoms with E-state index < -0.39 is 0 Å². The van der Waals surface area contributed by atoms with E-state index in [9.17, 15) is 10.1 Å². The molecule has 2 fully saturated rings. The molecule has 1 saturated heterocycles. The summed E-state index contributed by atoms with van der Waals surface area (Å²) in [6, 6.07) is 17.9. The van der Waals surface area contributed by atoms with Gasteiger partial charge in [-0.15, -0.1) is 0 Å². The zero-order valence-corrected chi connectivity index (χ0v) is 20.9. The van der Waals surface area contributed by atoms with E-state index >= 15 is 0 Å². The van der Waals surface area contributed by atoms with Crippen molar-refractivity contribution in [3.05, 3.63) is 71.7 Å². The third-order valence-corrected chi connectivity index (χ3v) is 7.00. The molecule has 0 radical (unpaired) electrons. The highest BCUT2D eigenvalue weighted by molar-refractivity contribution is 5.91. The van der Waals surface area contributed by atoms with Crippen molar-refractivity contribution in [2.75, 3.05) is 36.5 Å². The standard InChI is InChI=1S/C29H32N6O2/c30-20-23-19-22(8-11-26(23)34-29(36)32-24-4-2-1-3-5-24)27-12-13-31-28(33-27)18-21-6-9-25(10-7-21)35-14-16-37-17-15-35/h6-13,19,24H,1-5,14-18H2,(H2,32,34,36). The van der Waals surface area contributed by atoms with Gasteiger partial charge in [0.25, 0.3) is 0 Å². The molecule has 5 rings (SSSR count). The molecule has 1 aliphatic heterocycles. The van der Waals surface area contributed by atoms with Crippen molar-refractivity contribution in [3.63, 3.8) is 0 Å². The van der Waals surface area contributed by atoms with Gasteiger partial charge in [-0.05, 0) is 48.7 Å². The number of nitriles is 1. The van der Waals surface area contributed by atoms with Gasteiger partial charge < -0.3 is 20.3 Å². The monoisotopic (exact) mass is 496 g/mol. The third-order valence-electron chi connectivity index (χ3n) is 7.00. The van der Waals surface area contributed by atoms with Crippen LogP contribution in [0, 0.1) is 11.3 Å². The Balaban J connectivity index is 1.25. The molecule has 2 aliphatic rings. The first kappa shape index (κ1) is 24.7. The number of carbonyl (C=O) groups excluding carboxylic acids is 1. The van der Waals surface area contributed by atoms with Gasteiger partial charge in [-0.25, -0.2) is 14.8 Å². The van der Waals surface area contributed by atoms with Crippen LogP contribution in [0.4, 0.5) is 16.2 Å². The summed E-state index contributed by atoms with van der Waals surface area (Å²) in [6.07, 6.45) is 7.88. The van der Waals surface area contributed by atoms with Gasteiger partial charge in [-0.1, -0.05) is 37.5 Å². The van der Waals surface area contributed by atoms with Crippen LogP contribution >= 0.6 is 0 Å². The average molecular weight is 497 g/mol. The van der Waals surface area contributed by atoms with E-state index in [-0.39, 0.29) is 12.1 Å². The van der Waals surface area contributed by atoms with Gasteiger partial charge in [0.2, 0.25) is 0 Å². The molecule has 0 atom stereocenters. The number of hydrogen-bond donors (Lipinski definition) is 2. The van der Waals surface area contributed by atoms with Crippen molar-refractivity contribution < 1.29 is 9.53 Å². The van der Waals surface area contributed by atoms with Gasteiger partial charge in [-0.2, -0.15) is 5.26 Å². The van der Waals surface area contributed by atoms with Gasteiger partial charge in [0, 0.05) is 43.0 Å². The summed E-state index contributed by atoms with van der Waals surface area (Å²) < 4.78 is 5.44. The first-order valence-electron chi connectivity index (χ1n) is 13.0. The molecular weight excluding hydrogens is 464 g/mol. The van der Waals surface area contributed by atoms with E-state index in [2.05, 4.69) is 50.9 Å². The number of nitrogens with zero attached hydrogens (tertiary/aromatic N) is 4. The second-order valence-corrected chi connectivity index (χ2v) is 9.61. The predicted octanol–water partition coefficient (Wildman–Crippen LogP) is 4.90. The van der Waals surface area contributed by atoms with Crippen molar-refractivity contribution in [2.24, 2.45) is 0 Å². The number of ether oxygens (including phenoxy) is 1. The zero-order valence-electron chi connectivity index (χ0n) is 20.9. The molecule has 1 aromatic heterocycles. The Morgan fingerprint density at radius 3 is 2.59 bits per heavy atom. The molecule has 1 saturated carbocycles. The lowest BCUT2D eigenvalue weighted by Crippen LogP contribution is -2.39. The molecule has 2 heterocycles. The summed E-state index contributed by atoms with van der Waals surface area (Å²) >= 11 is 0. The molecule has 190 valence electrons. The highest BCUT2D eigenvalue weighted by Gasteiger charge is 2.17. The van der Waals surface area contributed by atoms with E-state index in [1.807, 2.05) is 12.1 Å². The fraction of sp³-hybridized carbons (Fsp3) is 0.379. The van der Waals surface area contributed by atoms with Crippen LogP contribution in [0.15, 0.2) is 54.7 Å². The normalized spacial score (nSPS) is 16.1. The summed E-state index contributed by atoms with van der Waals surface area (Å²) in [5.74, 6) is 0.712. The predicted molar refractivity (Wildman–Crippen MR) is 143 cm³/mol. The number of rotatable bonds is 6. The lowest BCUT2D eigenvalue weighted by molar-refractivity contribution is 0.122. The van der Waals surface area contributed by atoms with Crippen LogP contribution in [0.1, 0.15) is 49.1 Å². The smallest absolute Gasteiger partial charge is 0.319 e. The fourth-order valence-corrected chi connectivity index (χ4v) is 4.97. The number of urea groups is 1. The van der Waals surface area contributed by atoms with Gasteiger partial charge in [0.15, 0.2) is 0 Å². The minimum atomic E-state index is -0.264. The van der Waals surface area contributed by atoms with E-state index in [1.54, 1.807) is 18.3 Å². The van der Waals surface area contributed by atoms with Crippen molar-refractivity contribution in [1.29, 1.82) is 5.26 Å². The van der Waals surface area contributed by atoms with Crippen LogP contribution in [0.2, 0.25) is 0 Å². The Hall–Kier alpha value is -3.96. The second kappa shape index (κ2) is 11.8. The van der Waals surface area contributed by atoms with Crippen LogP contribution in [0.5, 0.6) is 0 Å². The third kappa shape index (κ3) is 6.43. The minimum Gasteiger partial charge on any atom is -0.378 e. The lowest BCUT2D eigenvalue weighted by atomic mass is 9.96. The maximum atomic E-state index is 12.5. The van der Waals surface area contributed by atoms with Crippen LogP contribution < -0.4 is 15.5 Å². The number of nitrogens with one attached hydrogen (secondary N) is 2. The van der Waals surface area contributed by atoms with E-state index in [1.165, 1.54) is 12.1 Å². The Labute approximate surface area is 217 Å². The van der Waals surface area contributed by atoms with Crippen molar-refractivity contribution >= 4 is 17.4 Å². The number of amides is 2. The highest BCUT2D eigenvalue weighted by atomic mass is 16.5. The Bertz CT molecular complexity index is 1260. The van der Waals surface area contributed by atoms with E-state index in [4.69, 9.17) is 9.72 Å². The summed E-state index contributed by atoms with van der Waals surface area (Å²) in [6.45, 7) is 3.35. The SMILES string of the molecule is N#Cc1cc(-c2ccnc(Cc3ccc(N4CCOCC4)cc3)n2)ccc1NC(=O)NC1CCCCC1. The number of benzene rings is 2. The van der Waals surface area contributed by atoms with Crippen LogP contribution in [0.3, 0.4) is 0 Å². The number of morpholine rings is 1. The van der Waals surface area contributed by atoms with Crippen molar-refractivity contribution in [2.45, 2.75) is 44.6 Å². The summed E-state index contributed by atoms with van der Waals surface area (Å²) in [7, 11) is 0. The lowest BCUT2D eigenvalue weighted by Gasteiger charge is -2.28. The van der Waals surface area contributed by atoms with Gasteiger partial charge in [0.05, 0.1) is 30.2 Å². The van der Waals surface area contributed by atoms with E-state index in [0.29, 0.717) is 23.5 Å². The zero-order chi connectivity index (χ0) is 25.5. The Kier molecular flexibility index (Phi) is 7.92. The Morgan fingerprint density at radius 2 is 1.84 bits per heavy atom. The average Bonchev–Trinajstić information content (AvgIpc) is 2.95. The summed E-state index contributed by atoms with van der Waals surface area (Å²) in [5, 5.41) is 15.6. The molecule has 0 spiro atoms. The van der Waals surface area contributed by atoms with Crippen molar-refractivity contribution in [3.8, 4) is 17.3 Å². The van der Waals surface area contributed by atoms with Crippen molar-refractivity contribution in [1.82, 2.24) is 15.3 Å². The molecule has 0 unspecified atom stereocenters. The van der Waals surface area contributed by atoms with Gasteiger partial charge >= 0.3 is 6.03 Å². The molecular formula is C29H32N6O2. The highest BCUT2D eigenvalue weighted by Crippen LogP contribution is 2.25. The number of aromatic nitrogens is 2. The summed E-state index contributed by atoms with van der Waals surface area (Å²) in [5.41, 5.74) is 4.78. The molecule has 37 heavy (non-hydrogen) atoms. The molecule has 2 amide bonds. The van der Waals surface area contributed by atoms with Gasteiger partial charge in [-0.3, -0.25) is 0 Å². The molecule has 3 aromatic rings. The van der Waals surface area contributed by atoms with Crippen LogP contribution in [0.25, 0.3) is 11.3 Å². The number of carbonyl (C=O) groups is 1. The second-order valence-electron chi connectivity index (χ2n) is 9.61. The molecule has 8 heteroatoms. The largest absolute Gasteiger partial charge is 0.378 e. The van der Waals surface area contributed by atoms with Crippen LogP contribution in [-0.2, 0) is 11.2 Å². The topological polar surface area (TPSA) is 103 Å². The van der Waals surface area contributed by atoms with Gasteiger partial charge in [0.1, 0.15) is 11.9 Å². The maximum absolute atomic E-state index is 12.5. The first-order chi connectivity index (χ1) is 18.2. The molecule has 2 N–H and O–H groups in total.